The first-order valence-electron chi connectivity index (χ1n) is 5.09. The summed E-state index contributed by atoms with van der Waals surface area (Å²) in [5.41, 5.74) is 0. The Morgan fingerprint density at radius 2 is 2.29 bits per heavy atom. The Balaban J connectivity index is 3.58. The summed E-state index contributed by atoms with van der Waals surface area (Å²) in [6.45, 7) is 4.96. The van der Waals surface area contributed by atoms with Gasteiger partial charge in [-0.2, -0.15) is 11.8 Å². The van der Waals surface area contributed by atoms with Gasteiger partial charge in [-0.05, 0) is 19.7 Å². The molecule has 0 amide bonds. The van der Waals surface area contributed by atoms with Gasteiger partial charge in [-0.25, -0.2) is 0 Å². The third kappa shape index (κ3) is 6.31. The second-order valence-corrected chi connectivity index (χ2v) is 4.29. The van der Waals surface area contributed by atoms with E-state index in [-0.39, 0.29) is 0 Å². The standard InChI is InChI=1S/C11H22N2S/c1-5-7-12-8-9-13(3)11(6-2)10-14-4/h1,11-12H,6-10H2,2-4H3. The van der Waals surface area contributed by atoms with Crippen LogP contribution in [0.2, 0.25) is 0 Å². The maximum atomic E-state index is 5.15. The highest BCUT2D eigenvalue weighted by Gasteiger charge is 2.10. The molecule has 2 nitrogen and oxygen atoms in total. The molecule has 1 unspecified atom stereocenters. The lowest BCUT2D eigenvalue weighted by Crippen LogP contribution is -2.38. The molecule has 1 N–H and O–H groups in total. The first-order chi connectivity index (χ1) is 6.76. The molecule has 0 spiro atoms. The second kappa shape index (κ2) is 9.39. The number of likely N-dealkylation sites (N-methyl/N-ethyl adjacent to an activating group) is 1. The number of nitrogens with zero attached hydrogens (tertiary/aromatic N) is 1. The summed E-state index contributed by atoms with van der Waals surface area (Å²) in [4.78, 5) is 2.40. The molecule has 0 saturated carbocycles. The molecule has 0 saturated heterocycles. The second-order valence-electron chi connectivity index (χ2n) is 3.38. The van der Waals surface area contributed by atoms with E-state index in [1.54, 1.807) is 0 Å². The fourth-order valence-electron chi connectivity index (χ4n) is 1.35. The summed E-state index contributed by atoms with van der Waals surface area (Å²) in [5, 5.41) is 3.20. The lowest BCUT2D eigenvalue weighted by atomic mass is 10.2. The van der Waals surface area contributed by atoms with Crippen molar-refractivity contribution in [1.82, 2.24) is 10.2 Å². The molecule has 0 aliphatic heterocycles. The summed E-state index contributed by atoms with van der Waals surface area (Å²) in [6.07, 6.45) is 8.52. The van der Waals surface area contributed by atoms with Crippen molar-refractivity contribution in [2.45, 2.75) is 19.4 Å². The van der Waals surface area contributed by atoms with E-state index < -0.39 is 0 Å². The maximum Gasteiger partial charge on any atom is 0.0574 e. The van der Waals surface area contributed by atoms with Crippen LogP contribution in [-0.4, -0.2) is 49.6 Å². The predicted molar refractivity (Wildman–Crippen MR) is 66.8 cm³/mol. The fraction of sp³-hybridized carbons (Fsp3) is 0.818. The van der Waals surface area contributed by atoms with E-state index in [0.717, 1.165) is 13.1 Å². The Bertz CT molecular complexity index is 165. The van der Waals surface area contributed by atoms with Gasteiger partial charge in [-0.1, -0.05) is 12.8 Å². The molecule has 82 valence electrons. The molecule has 0 heterocycles. The van der Waals surface area contributed by atoms with Crippen molar-refractivity contribution in [3.05, 3.63) is 0 Å². The summed E-state index contributed by atoms with van der Waals surface area (Å²) < 4.78 is 0. The molecule has 3 heteroatoms. The van der Waals surface area contributed by atoms with Crippen molar-refractivity contribution in [3.8, 4) is 12.3 Å². The third-order valence-corrected chi connectivity index (χ3v) is 3.04. The Morgan fingerprint density at radius 1 is 1.57 bits per heavy atom. The highest BCUT2D eigenvalue weighted by atomic mass is 32.2. The highest BCUT2D eigenvalue weighted by molar-refractivity contribution is 7.98. The van der Waals surface area contributed by atoms with E-state index in [2.05, 4.69) is 36.4 Å². The van der Waals surface area contributed by atoms with Gasteiger partial charge in [0.2, 0.25) is 0 Å². The summed E-state index contributed by atoms with van der Waals surface area (Å²) in [5.74, 6) is 3.79. The molecule has 0 rings (SSSR count). The first-order valence-corrected chi connectivity index (χ1v) is 6.49. The first kappa shape index (κ1) is 13.8. The Labute approximate surface area is 92.8 Å². The number of thioether (sulfide) groups is 1. The average Bonchev–Trinajstić information content (AvgIpc) is 2.20. The zero-order valence-electron chi connectivity index (χ0n) is 9.55. The van der Waals surface area contributed by atoms with Gasteiger partial charge in [0, 0.05) is 24.9 Å². The van der Waals surface area contributed by atoms with Gasteiger partial charge in [-0.3, -0.25) is 0 Å². The SMILES string of the molecule is C#CCNCCN(C)C(CC)CSC. The van der Waals surface area contributed by atoms with Crippen molar-refractivity contribution in [2.24, 2.45) is 0 Å². The van der Waals surface area contributed by atoms with Crippen molar-refractivity contribution < 1.29 is 0 Å². The number of rotatable bonds is 8. The van der Waals surface area contributed by atoms with Gasteiger partial charge < -0.3 is 10.2 Å². The molecule has 14 heavy (non-hydrogen) atoms. The molecule has 0 bridgehead atoms. The van der Waals surface area contributed by atoms with Crippen LogP contribution in [-0.2, 0) is 0 Å². The fourth-order valence-corrected chi connectivity index (χ4v) is 2.22. The van der Waals surface area contributed by atoms with Crippen LogP contribution in [0.4, 0.5) is 0 Å². The molecule has 0 aliphatic rings. The zero-order valence-corrected chi connectivity index (χ0v) is 10.4. The van der Waals surface area contributed by atoms with Gasteiger partial charge >= 0.3 is 0 Å². The van der Waals surface area contributed by atoms with Crippen LogP contribution in [0.3, 0.4) is 0 Å². The van der Waals surface area contributed by atoms with E-state index in [9.17, 15) is 0 Å². The Morgan fingerprint density at radius 3 is 2.79 bits per heavy atom. The van der Waals surface area contributed by atoms with E-state index in [0.29, 0.717) is 12.6 Å². The maximum absolute atomic E-state index is 5.15. The van der Waals surface area contributed by atoms with Crippen LogP contribution in [0, 0.1) is 12.3 Å². The van der Waals surface area contributed by atoms with Crippen LogP contribution in [0.15, 0.2) is 0 Å². The minimum Gasteiger partial charge on any atom is -0.305 e. The van der Waals surface area contributed by atoms with Crippen molar-refractivity contribution in [2.75, 3.05) is 38.7 Å². The van der Waals surface area contributed by atoms with E-state index in [1.807, 2.05) is 11.8 Å². The molecule has 0 aliphatic carbocycles. The van der Waals surface area contributed by atoms with Crippen molar-refractivity contribution >= 4 is 11.8 Å². The van der Waals surface area contributed by atoms with Gasteiger partial charge in [0.25, 0.3) is 0 Å². The third-order valence-electron chi connectivity index (χ3n) is 2.32. The molecule has 0 aromatic rings. The van der Waals surface area contributed by atoms with Crippen LogP contribution in [0.25, 0.3) is 0 Å². The van der Waals surface area contributed by atoms with E-state index in [1.165, 1.54) is 12.2 Å². The lowest BCUT2D eigenvalue weighted by molar-refractivity contribution is 0.257. The quantitative estimate of drug-likeness (QED) is 0.484. The minimum absolute atomic E-state index is 0.674. The number of hydrogen-bond acceptors (Lipinski definition) is 3. The van der Waals surface area contributed by atoms with Gasteiger partial charge in [0.1, 0.15) is 0 Å². The number of nitrogens with one attached hydrogen (secondary N) is 1. The lowest BCUT2D eigenvalue weighted by Gasteiger charge is -2.26. The van der Waals surface area contributed by atoms with Crippen LogP contribution in [0.1, 0.15) is 13.3 Å². The molecule has 0 fully saturated rings. The molecule has 1 atom stereocenters. The highest BCUT2D eigenvalue weighted by Crippen LogP contribution is 2.07. The summed E-state index contributed by atoms with van der Waals surface area (Å²) >= 11 is 1.91. The average molecular weight is 214 g/mol. The monoisotopic (exact) mass is 214 g/mol. The Hall–Kier alpha value is -0.170. The molecular formula is C11H22N2S. The number of hydrogen-bond donors (Lipinski definition) is 1. The molecule has 0 aromatic carbocycles. The van der Waals surface area contributed by atoms with Crippen molar-refractivity contribution in [3.63, 3.8) is 0 Å². The van der Waals surface area contributed by atoms with Crippen LogP contribution >= 0.6 is 11.8 Å². The predicted octanol–water partition coefficient (Wildman–Crippen LogP) is 1.28. The zero-order chi connectivity index (χ0) is 10.8. The smallest absolute Gasteiger partial charge is 0.0574 e. The summed E-state index contributed by atoms with van der Waals surface area (Å²) in [6, 6.07) is 0.692. The van der Waals surface area contributed by atoms with Crippen molar-refractivity contribution in [1.29, 1.82) is 0 Å². The van der Waals surface area contributed by atoms with Crippen LogP contribution in [0.5, 0.6) is 0 Å². The molecular weight excluding hydrogens is 192 g/mol. The van der Waals surface area contributed by atoms with E-state index in [4.69, 9.17) is 6.42 Å². The normalized spacial score (nSPS) is 12.8. The van der Waals surface area contributed by atoms with Gasteiger partial charge in [0.05, 0.1) is 6.54 Å². The molecule has 0 aromatic heterocycles. The van der Waals surface area contributed by atoms with Gasteiger partial charge in [0.15, 0.2) is 0 Å². The van der Waals surface area contributed by atoms with E-state index >= 15 is 0 Å². The Kier molecular flexibility index (Phi) is 9.27. The number of terminal acetylenes is 1. The minimum atomic E-state index is 0.674. The van der Waals surface area contributed by atoms with Crippen LogP contribution < -0.4 is 5.32 Å². The topological polar surface area (TPSA) is 15.3 Å². The molecule has 0 radical (unpaired) electrons. The summed E-state index contributed by atoms with van der Waals surface area (Å²) in [7, 11) is 2.18. The largest absolute Gasteiger partial charge is 0.305 e. The van der Waals surface area contributed by atoms with Gasteiger partial charge in [-0.15, -0.1) is 6.42 Å².